The number of nitrogens with one attached hydrogen (secondary N) is 1. The first kappa shape index (κ1) is 20.1. The van der Waals surface area contributed by atoms with Crippen LogP contribution in [-0.2, 0) is 0 Å². The van der Waals surface area contributed by atoms with Gasteiger partial charge >= 0.3 is 0 Å². The molecule has 1 N–H and O–H groups in total. The Morgan fingerprint density at radius 2 is 2.05 bits per heavy atom. The highest BCUT2D eigenvalue weighted by Gasteiger charge is 2.21. The lowest BCUT2D eigenvalue weighted by Crippen LogP contribution is -2.45. The standard InChI is InChI=1S/C14H22BrN3.2ClH/c1-2-3-4-13(18-9-7-16-8-10-18)12-5-6-17-14(15)11-12;;/h5-6,11,13,16H,2-4,7-10H2,1H3;2*1H/t13-;;/m0../s1. The highest BCUT2D eigenvalue weighted by molar-refractivity contribution is 9.10. The first-order valence-electron chi connectivity index (χ1n) is 6.87. The number of hydrogen-bond acceptors (Lipinski definition) is 3. The third-order valence-electron chi connectivity index (χ3n) is 3.56. The summed E-state index contributed by atoms with van der Waals surface area (Å²) < 4.78 is 0.941. The number of pyridine rings is 1. The van der Waals surface area contributed by atoms with E-state index in [-0.39, 0.29) is 24.8 Å². The summed E-state index contributed by atoms with van der Waals surface area (Å²) in [5, 5.41) is 3.43. The van der Waals surface area contributed by atoms with Crippen molar-refractivity contribution in [3.63, 3.8) is 0 Å². The molecule has 6 heteroatoms. The van der Waals surface area contributed by atoms with Crippen molar-refractivity contribution in [3.05, 3.63) is 28.5 Å². The maximum atomic E-state index is 4.23. The summed E-state index contributed by atoms with van der Waals surface area (Å²) in [6, 6.07) is 4.88. The van der Waals surface area contributed by atoms with Gasteiger partial charge in [0.05, 0.1) is 0 Å². The van der Waals surface area contributed by atoms with Crippen molar-refractivity contribution in [1.29, 1.82) is 0 Å². The van der Waals surface area contributed by atoms with Crippen LogP contribution in [0, 0.1) is 0 Å². The second-order valence-electron chi connectivity index (χ2n) is 4.86. The van der Waals surface area contributed by atoms with Gasteiger partial charge in [-0.1, -0.05) is 19.8 Å². The molecule has 0 spiro atoms. The smallest absolute Gasteiger partial charge is 0.106 e. The summed E-state index contributed by atoms with van der Waals surface area (Å²) in [5.41, 5.74) is 1.40. The van der Waals surface area contributed by atoms with Crippen LogP contribution < -0.4 is 5.32 Å². The molecule has 1 saturated heterocycles. The van der Waals surface area contributed by atoms with Crippen molar-refractivity contribution in [3.8, 4) is 0 Å². The van der Waals surface area contributed by atoms with Crippen LogP contribution in [0.25, 0.3) is 0 Å². The number of rotatable bonds is 5. The molecule has 0 radical (unpaired) electrons. The van der Waals surface area contributed by atoms with Gasteiger partial charge in [-0.2, -0.15) is 0 Å². The zero-order valence-corrected chi connectivity index (χ0v) is 15.1. The fraction of sp³-hybridized carbons (Fsp3) is 0.643. The molecule has 20 heavy (non-hydrogen) atoms. The Bertz CT molecular complexity index is 373. The van der Waals surface area contributed by atoms with Crippen molar-refractivity contribution >= 4 is 40.7 Å². The zero-order chi connectivity index (χ0) is 12.8. The van der Waals surface area contributed by atoms with Crippen LogP contribution in [0.5, 0.6) is 0 Å². The van der Waals surface area contributed by atoms with Gasteiger partial charge in [0.2, 0.25) is 0 Å². The van der Waals surface area contributed by atoms with Gasteiger partial charge in [0.25, 0.3) is 0 Å². The fourth-order valence-electron chi connectivity index (χ4n) is 2.58. The minimum Gasteiger partial charge on any atom is -0.314 e. The number of nitrogens with zero attached hydrogens (tertiary/aromatic N) is 2. The molecule has 1 aliphatic heterocycles. The van der Waals surface area contributed by atoms with E-state index >= 15 is 0 Å². The predicted molar refractivity (Wildman–Crippen MR) is 93.1 cm³/mol. The highest BCUT2D eigenvalue weighted by Crippen LogP contribution is 2.27. The minimum atomic E-state index is 0. The van der Waals surface area contributed by atoms with Crippen LogP contribution in [0.4, 0.5) is 0 Å². The lowest BCUT2D eigenvalue weighted by molar-refractivity contribution is 0.163. The molecule has 0 saturated carbocycles. The van der Waals surface area contributed by atoms with Crippen molar-refractivity contribution in [1.82, 2.24) is 15.2 Å². The third-order valence-corrected chi connectivity index (χ3v) is 3.99. The molecule has 1 aliphatic rings. The molecule has 1 aromatic heterocycles. The molecule has 0 aromatic carbocycles. The molecule has 0 unspecified atom stereocenters. The SMILES string of the molecule is CCCC[C@@H](c1ccnc(Br)c1)N1CCNCC1.Cl.Cl. The number of piperazine rings is 1. The second-order valence-corrected chi connectivity index (χ2v) is 5.67. The zero-order valence-electron chi connectivity index (χ0n) is 11.8. The Morgan fingerprint density at radius 3 is 2.65 bits per heavy atom. The lowest BCUT2D eigenvalue weighted by atomic mass is 10.00. The summed E-state index contributed by atoms with van der Waals surface area (Å²) >= 11 is 3.48. The van der Waals surface area contributed by atoms with E-state index in [9.17, 15) is 0 Å². The van der Waals surface area contributed by atoms with Crippen molar-refractivity contribution in [2.45, 2.75) is 32.2 Å². The van der Waals surface area contributed by atoms with Crippen LogP contribution in [0.3, 0.4) is 0 Å². The van der Waals surface area contributed by atoms with E-state index in [0.717, 1.165) is 30.8 Å². The maximum absolute atomic E-state index is 4.23. The third kappa shape index (κ3) is 5.86. The fourth-order valence-corrected chi connectivity index (χ4v) is 2.96. The number of hydrogen-bond donors (Lipinski definition) is 1. The van der Waals surface area contributed by atoms with Gasteiger partial charge in [-0.15, -0.1) is 24.8 Å². The van der Waals surface area contributed by atoms with E-state index in [1.165, 1.54) is 24.8 Å². The van der Waals surface area contributed by atoms with Gasteiger partial charge in [0, 0.05) is 38.4 Å². The summed E-state index contributed by atoms with van der Waals surface area (Å²) in [6.45, 7) is 6.77. The number of aromatic nitrogens is 1. The van der Waals surface area contributed by atoms with Gasteiger partial charge < -0.3 is 5.32 Å². The van der Waals surface area contributed by atoms with Crippen molar-refractivity contribution in [2.75, 3.05) is 26.2 Å². The summed E-state index contributed by atoms with van der Waals surface area (Å²) in [7, 11) is 0. The lowest BCUT2D eigenvalue weighted by Gasteiger charge is -2.35. The molecule has 2 heterocycles. The maximum Gasteiger partial charge on any atom is 0.106 e. The van der Waals surface area contributed by atoms with Gasteiger partial charge in [0.1, 0.15) is 4.60 Å². The molecular weight excluding hydrogens is 361 g/mol. The second kappa shape index (κ2) is 10.8. The van der Waals surface area contributed by atoms with Gasteiger partial charge in [-0.05, 0) is 40.0 Å². The Balaban J connectivity index is 0.00000180. The summed E-state index contributed by atoms with van der Waals surface area (Å²) in [4.78, 5) is 6.84. The van der Waals surface area contributed by atoms with E-state index in [4.69, 9.17) is 0 Å². The Kier molecular flexibility index (Phi) is 10.9. The molecule has 2 rings (SSSR count). The monoisotopic (exact) mass is 383 g/mol. The molecule has 1 aromatic rings. The largest absolute Gasteiger partial charge is 0.314 e. The highest BCUT2D eigenvalue weighted by atomic mass is 79.9. The first-order chi connectivity index (χ1) is 8.81. The van der Waals surface area contributed by atoms with Crippen LogP contribution >= 0.6 is 40.7 Å². The molecule has 0 aliphatic carbocycles. The molecule has 1 fully saturated rings. The molecule has 0 amide bonds. The normalized spacial score (nSPS) is 16.9. The number of unbranched alkanes of at least 4 members (excludes halogenated alkanes) is 1. The van der Waals surface area contributed by atoms with E-state index in [1.807, 2.05) is 6.20 Å². The van der Waals surface area contributed by atoms with E-state index < -0.39 is 0 Å². The Labute approximate surface area is 142 Å². The topological polar surface area (TPSA) is 28.2 Å². The summed E-state index contributed by atoms with van der Waals surface area (Å²) in [5.74, 6) is 0. The average molecular weight is 385 g/mol. The van der Waals surface area contributed by atoms with Gasteiger partial charge in [-0.3, -0.25) is 4.90 Å². The van der Waals surface area contributed by atoms with Crippen LogP contribution in [0.1, 0.15) is 37.8 Å². The quantitative estimate of drug-likeness (QED) is 0.782. The van der Waals surface area contributed by atoms with Crippen LogP contribution in [-0.4, -0.2) is 36.1 Å². The van der Waals surface area contributed by atoms with Gasteiger partial charge in [0.15, 0.2) is 0 Å². The molecule has 1 atom stereocenters. The summed E-state index contributed by atoms with van der Waals surface area (Å²) in [6.07, 6.45) is 5.69. The van der Waals surface area contributed by atoms with E-state index in [1.54, 1.807) is 0 Å². The molecule has 116 valence electrons. The van der Waals surface area contributed by atoms with Crippen LogP contribution in [0.2, 0.25) is 0 Å². The van der Waals surface area contributed by atoms with Crippen LogP contribution in [0.15, 0.2) is 22.9 Å². The van der Waals surface area contributed by atoms with E-state index in [0.29, 0.717) is 6.04 Å². The average Bonchev–Trinajstić information content (AvgIpc) is 2.40. The molecule has 0 bridgehead atoms. The molecular formula is C14H24BrCl2N3. The Morgan fingerprint density at radius 1 is 1.35 bits per heavy atom. The van der Waals surface area contributed by atoms with Crippen molar-refractivity contribution < 1.29 is 0 Å². The molecule has 3 nitrogen and oxygen atoms in total. The van der Waals surface area contributed by atoms with E-state index in [2.05, 4.69) is 50.2 Å². The predicted octanol–water partition coefficient (Wildman–Crippen LogP) is 3.82. The minimum absolute atomic E-state index is 0. The van der Waals surface area contributed by atoms with Gasteiger partial charge in [-0.25, -0.2) is 4.98 Å². The number of halogens is 3. The first-order valence-corrected chi connectivity index (χ1v) is 7.66. The Hall–Kier alpha value is 0.130. The van der Waals surface area contributed by atoms with Crippen molar-refractivity contribution in [2.24, 2.45) is 0 Å².